The summed E-state index contributed by atoms with van der Waals surface area (Å²) in [5.41, 5.74) is 0. The molecule has 5 nitrogen and oxygen atoms in total. The summed E-state index contributed by atoms with van der Waals surface area (Å²) in [5.74, 6) is -0.757. The van der Waals surface area contributed by atoms with Crippen LogP contribution in [0.1, 0.15) is 12.8 Å². The lowest BCUT2D eigenvalue weighted by molar-refractivity contribution is -0.146. The SMILES string of the molecule is COC(=O)C1CCCN(S(=O)(=O)c2cc(Br)ccc2Br)C1. The monoisotopic (exact) mass is 439 g/mol. The van der Waals surface area contributed by atoms with E-state index in [9.17, 15) is 13.2 Å². The van der Waals surface area contributed by atoms with Gasteiger partial charge in [0.25, 0.3) is 0 Å². The molecule has 1 saturated heterocycles. The first-order chi connectivity index (χ1) is 9.86. The van der Waals surface area contributed by atoms with E-state index in [4.69, 9.17) is 4.74 Å². The van der Waals surface area contributed by atoms with Gasteiger partial charge in [-0.2, -0.15) is 4.31 Å². The van der Waals surface area contributed by atoms with Crippen molar-refractivity contribution in [1.82, 2.24) is 4.31 Å². The van der Waals surface area contributed by atoms with E-state index in [-0.39, 0.29) is 17.4 Å². The number of ether oxygens (including phenoxy) is 1. The zero-order valence-electron chi connectivity index (χ0n) is 11.4. The zero-order chi connectivity index (χ0) is 15.6. The molecule has 1 unspecified atom stereocenters. The number of rotatable bonds is 3. The van der Waals surface area contributed by atoms with E-state index in [2.05, 4.69) is 31.9 Å². The van der Waals surface area contributed by atoms with Gasteiger partial charge in [-0.15, -0.1) is 0 Å². The van der Waals surface area contributed by atoms with Gasteiger partial charge in [-0.25, -0.2) is 8.42 Å². The molecule has 1 fully saturated rings. The Balaban J connectivity index is 2.31. The molecule has 0 amide bonds. The Kier molecular flexibility index (Phi) is 5.45. The van der Waals surface area contributed by atoms with Gasteiger partial charge < -0.3 is 4.74 Å². The van der Waals surface area contributed by atoms with Crippen LogP contribution in [0.15, 0.2) is 32.0 Å². The number of carbonyl (C=O) groups excluding carboxylic acids is 1. The summed E-state index contributed by atoms with van der Waals surface area (Å²) in [4.78, 5) is 11.8. The third-order valence-corrected chi connectivity index (χ3v) is 6.78. The molecule has 1 atom stereocenters. The van der Waals surface area contributed by atoms with E-state index in [0.29, 0.717) is 28.3 Å². The van der Waals surface area contributed by atoms with Gasteiger partial charge >= 0.3 is 5.97 Å². The van der Waals surface area contributed by atoms with Crippen molar-refractivity contribution in [2.24, 2.45) is 5.92 Å². The van der Waals surface area contributed by atoms with Crippen LogP contribution in [0.25, 0.3) is 0 Å². The van der Waals surface area contributed by atoms with Crippen LogP contribution >= 0.6 is 31.9 Å². The van der Waals surface area contributed by atoms with Crippen molar-refractivity contribution >= 4 is 47.9 Å². The summed E-state index contributed by atoms with van der Waals surface area (Å²) < 4.78 is 32.7. The van der Waals surface area contributed by atoms with Gasteiger partial charge in [-0.3, -0.25) is 4.79 Å². The molecule has 0 radical (unpaired) electrons. The van der Waals surface area contributed by atoms with Gasteiger partial charge in [0.15, 0.2) is 0 Å². The highest BCUT2D eigenvalue weighted by atomic mass is 79.9. The van der Waals surface area contributed by atoms with Gasteiger partial charge in [-0.1, -0.05) is 15.9 Å². The van der Waals surface area contributed by atoms with Crippen molar-refractivity contribution in [3.8, 4) is 0 Å². The average Bonchev–Trinajstić information content (AvgIpc) is 2.49. The molecule has 1 aliphatic heterocycles. The molecular formula is C13H15Br2NO4S. The maximum atomic E-state index is 12.7. The van der Waals surface area contributed by atoms with Gasteiger partial charge in [0.2, 0.25) is 10.0 Å². The Hall–Kier alpha value is -0.440. The molecule has 0 spiro atoms. The molecular weight excluding hydrogens is 426 g/mol. The summed E-state index contributed by atoms with van der Waals surface area (Å²) in [5, 5.41) is 0. The minimum Gasteiger partial charge on any atom is -0.469 e. The first kappa shape index (κ1) is 16.9. The minimum absolute atomic E-state index is 0.161. The molecule has 116 valence electrons. The smallest absolute Gasteiger partial charge is 0.309 e. The van der Waals surface area contributed by atoms with Crippen LogP contribution in [0, 0.1) is 5.92 Å². The second kappa shape index (κ2) is 6.76. The van der Waals surface area contributed by atoms with Crippen LogP contribution in [0.2, 0.25) is 0 Å². The second-order valence-corrected chi connectivity index (χ2v) is 8.48. The Labute approximate surface area is 141 Å². The molecule has 1 aromatic rings. The topological polar surface area (TPSA) is 63.7 Å². The van der Waals surface area contributed by atoms with Gasteiger partial charge in [-0.05, 0) is 47.0 Å². The van der Waals surface area contributed by atoms with E-state index in [1.54, 1.807) is 18.2 Å². The lowest BCUT2D eigenvalue weighted by Crippen LogP contribution is -2.42. The second-order valence-electron chi connectivity index (χ2n) is 4.80. The number of esters is 1. The van der Waals surface area contributed by atoms with Crippen LogP contribution < -0.4 is 0 Å². The molecule has 2 rings (SSSR count). The number of sulfonamides is 1. The third kappa shape index (κ3) is 3.67. The predicted molar refractivity (Wildman–Crippen MR) is 85.3 cm³/mol. The van der Waals surface area contributed by atoms with Crippen molar-refractivity contribution in [3.05, 3.63) is 27.1 Å². The number of halogens is 2. The number of piperidine rings is 1. The lowest BCUT2D eigenvalue weighted by atomic mass is 10.0. The summed E-state index contributed by atoms with van der Waals surface area (Å²) in [6.45, 7) is 0.572. The Morgan fingerprint density at radius 2 is 2.10 bits per heavy atom. The number of nitrogens with zero attached hydrogens (tertiary/aromatic N) is 1. The number of hydrogen-bond donors (Lipinski definition) is 0. The average molecular weight is 441 g/mol. The molecule has 0 saturated carbocycles. The van der Waals surface area contributed by atoms with Crippen LogP contribution in [-0.2, 0) is 19.6 Å². The molecule has 0 N–H and O–H groups in total. The molecule has 0 aromatic heterocycles. The van der Waals surface area contributed by atoms with Crippen molar-refractivity contribution in [2.45, 2.75) is 17.7 Å². The van der Waals surface area contributed by atoms with E-state index < -0.39 is 15.9 Å². The number of carbonyl (C=O) groups is 1. The van der Waals surface area contributed by atoms with Crippen LogP contribution in [-0.4, -0.2) is 38.9 Å². The lowest BCUT2D eigenvalue weighted by Gasteiger charge is -2.30. The molecule has 21 heavy (non-hydrogen) atoms. The largest absolute Gasteiger partial charge is 0.469 e. The zero-order valence-corrected chi connectivity index (χ0v) is 15.4. The molecule has 1 heterocycles. The van der Waals surface area contributed by atoms with Gasteiger partial charge in [0, 0.05) is 22.0 Å². The molecule has 0 aliphatic carbocycles. The predicted octanol–water partition coefficient (Wildman–Crippen LogP) is 2.79. The van der Waals surface area contributed by atoms with E-state index >= 15 is 0 Å². The molecule has 8 heteroatoms. The maximum Gasteiger partial charge on any atom is 0.309 e. The van der Waals surface area contributed by atoms with Crippen molar-refractivity contribution in [1.29, 1.82) is 0 Å². The van der Waals surface area contributed by atoms with Crippen molar-refractivity contribution in [3.63, 3.8) is 0 Å². The van der Waals surface area contributed by atoms with Crippen LogP contribution in [0.5, 0.6) is 0 Å². The first-order valence-electron chi connectivity index (χ1n) is 6.39. The first-order valence-corrected chi connectivity index (χ1v) is 9.42. The fourth-order valence-electron chi connectivity index (χ4n) is 2.33. The highest BCUT2D eigenvalue weighted by molar-refractivity contribution is 9.11. The van der Waals surface area contributed by atoms with E-state index in [0.717, 1.165) is 0 Å². The van der Waals surface area contributed by atoms with Crippen molar-refractivity contribution < 1.29 is 17.9 Å². The molecule has 1 aliphatic rings. The van der Waals surface area contributed by atoms with E-state index in [1.165, 1.54) is 11.4 Å². The summed E-state index contributed by atoms with van der Waals surface area (Å²) in [6, 6.07) is 5.00. The minimum atomic E-state index is -3.64. The Bertz CT molecular complexity index is 648. The number of methoxy groups -OCH3 is 1. The Morgan fingerprint density at radius 1 is 1.38 bits per heavy atom. The standard InChI is InChI=1S/C13H15Br2NO4S/c1-20-13(17)9-3-2-6-16(8-9)21(18,19)12-7-10(14)4-5-11(12)15/h4-5,7,9H,2-3,6,8H2,1H3. The quantitative estimate of drug-likeness (QED) is 0.678. The number of hydrogen-bond acceptors (Lipinski definition) is 4. The van der Waals surface area contributed by atoms with Gasteiger partial charge in [0.1, 0.15) is 0 Å². The van der Waals surface area contributed by atoms with Gasteiger partial charge in [0.05, 0.1) is 17.9 Å². The van der Waals surface area contributed by atoms with Crippen LogP contribution in [0.4, 0.5) is 0 Å². The van der Waals surface area contributed by atoms with Crippen LogP contribution in [0.3, 0.4) is 0 Å². The highest BCUT2D eigenvalue weighted by Gasteiger charge is 2.34. The maximum absolute atomic E-state index is 12.7. The summed E-state index contributed by atoms with van der Waals surface area (Å²) >= 11 is 6.55. The van der Waals surface area contributed by atoms with E-state index in [1.807, 2.05) is 0 Å². The number of benzene rings is 1. The summed E-state index contributed by atoms with van der Waals surface area (Å²) in [7, 11) is -2.32. The normalized spacial score (nSPS) is 20.2. The highest BCUT2D eigenvalue weighted by Crippen LogP contribution is 2.30. The fraction of sp³-hybridized carbons (Fsp3) is 0.462. The molecule has 0 bridgehead atoms. The molecule has 1 aromatic carbocycles. The van der Waals surface area contributed by atoms with Crippen molar-refractivity contribution in [2.75, 3.05) is 20.2 Å². The fourth-order valence-corrected chi connectivity index (χ4v) is 5.32. The third-order valence-electron chi connectivity index (χ3n) is 3.43. The summed E-state index contributed by atoms with van der Waals surface area (Å²) in [6.07, 6.45) is 1.29. The Morgan fingerprint density at radius 3 is 2.76 bits per heavy atom.